The van der Waals surface area contributed by atoms with E-state index in [0.717, 1.165) is 6.26 Å². The molecule has 0 aliphatic heterocycles. The third-order valence-electron chi connectivity index (χ3n) is 2.11. The molecule has 18 heavy (non-hydrogen) atoms. The minimum absolute atomic E-state index is 0.0431. The number of nitrogens with two attached hydrogens (primary N) is 1. The summed E-state index contributed by atoms with van der Waals surface area (Å²) in [6, 6.07) is 1.33. The Hall–Kier alpha value is -1.76. The first-order chi connectivity index (χ1) is 8.37. The van der Waals surface area contributed by atoms with Crippen molar-refractivity contribution in [2.24, 2.45) is 5.73 Å². The number of furan rings is 1. The molecule has 0 radical (unpaired) electrons. The van der Waals surface area contributed by atoms with Gasteiger partial charge in [0, 0.05) is 6.54 Å². The molecule has 0 aliphatic carbocycles. The predicted molar refractivity (Wildman–Crippen MR) is 58.8 cm³/mol. The fourth-order valence-corrected chi connectivity index (χ4v) is 1.37. The third-order valence-corrected chi connectivity index (χ3v) is 2.11. The number of hydrogen-bond donors (Lipinski definition) is 1. The molecule has 7 heteroatoms. The minimum Gasteiger partial charge on any atom is -0.467 e. The topological polar surface area (TPSA) is 59.5 Å². The number of nitrogens with zero attached hydrogens (tertiary/aromatic N) is 1. The van der Waals surface area contributed by atoms with Gasteiger partial charge in [0.15, 0.2) is 0 Å². The van der Waals surface area contributed by atoms with Crippen molar-refractivity contribution >= 4 is 5.91 Å². The number of amides is 1. The van der Waals surface area contributed by atoms with E-state index in [1.807, 2.05) is 0 Å². The van der Waals surface area contributed by atoms with Crippen molar-refractivity contribution in [2.75, 3.05) is 13.1 Å². The van der Waals surface area contributed by atoms with Gasteiger partial charge in [-0.2, -0.15) is 13.2 Å². The second-order valence-electron chi connectivity index (χ2n) is 3.60. The molecule has 1 aromatic heterocycles. The quantitative estimate of drug-likeness (QED) is 0.825. The molecule has 0 aliphatic rings. The van der Waals surface area contributed by atoms with E-state index >= 15 is 0 Å². The molecule has 0 spiro atoms. The molecule has 0 saturated carbocycles. The lowest BCUT2D eigenvalue weighted by Crippen LogP contribution is -2.38. The summed E-state index contributed by atoms with van der Waals surface area (Å²) in [6.45, 7) is 1.88. The lowest BCUT2D eigenvalue weighted by atomic mass is 10.2. The number of carbonyl (C=O) groups excluding carboxylic acids is 1. The summed E-state index contributed by atoms with van der Waals surface area (Å²) in [5.41, 5.74) is 5.33. The summed E-state index contributed by atoms with van der Waals surface area (Å²) in [6.07, 6.45) is -2.14. The number of alkyl halides is 3. The summed E-state index contributed by atoms with van der Waals surface area (Å²) < 4.78 is 41.8. The Balaban J connectivity index is 2.85. The molecule has 1 amide bonds. The summed E-state index contributed by atoms with van der Waals surface area (Å²) in [5, 5.41) is 0. The van der Waals surface area contributed by atoms with Crippen LogP contribution < -0.4 is 5.73 Å². The van der Waals surface area contributed by atoms with Gasteiger partial charge in [-0.1, -0.05) is 6.08 Å². The van der Waals surface area contributed by atoms with E-state index in [4.69, 9.17) is 10.2 Å². The van der Waals surface area contributed by atoms with E-state index in [1.165, 1.54) is 12.1 Å². The van der Waals surface area contributed by atoms with E-state index in [0.29, 0.717) is 10.7 Å². The zero-order chi connectivity index (χ0) is 13.8. The molecule has 0 bridgehead atoms. The van der Waals surface area contributed by atoms with Gasteiger partial charge in [0.1, 0.15) is 18.6 Å². The minimum atomic E-state index is -4.46. The molecule has 1 heterocycles. The third kappa shape index (κ3) is 3.92. The molecule has 0 aromatic carbocycles. The van der Waals surface area contributed by atoms with E-state index in [1.54, 1.807) is 0 Å². The highest BCUT2D eigenvalue weighted by molar-refractivity contribution is 5.94. The Morgan fingerprint density at radius 1 is 1.56 bits per heavy atom. The standard InChI is InChI=1S/C11H13F3N2O2/c1-2-3-16(7-11(12,13)14)10(17)8-4-9(5-15)18-6-8/h2,4,6H,1,3,5,7,15H2. The molecule has 0 atom stereocenters. The van der Waals surface area contributed by atoms with Gasteiger partial charge >= 0.3 is 6.18 Å². The van der Waals surface area contributed by atoms with Crippen LogP contribution >= 0.6 is 0 Å². The fourth-order valence-electron chi connectivity index (χ4n) is 1.37. The summed E-state index contributed by atoms with van der Waals surface area (Å²) >= 11 is 0. The average molecular weight is 262 g/mol. The number of carbonyl (C=O) groups is 1. The van der Waals surface area contributed by atoms with Gasteiger partial charge in [0.25, 0.3) is 5.91 Å². The van der Waals surface area contributed by atoms with Crippen LogP contribution in [0.15, 0.2) is 29.4 Å². The van der Waals surface area contributed by atoms with Crippen molar-refractivity contribution in [3.63, 3.8) is 0 Å². The smallest absolute Gasteiger partial charge is 0.406 e. The first-order valence-electron chi connectivity index (χ1n) is 5.11. The van der Waals surface area contributed by atoms with Crippen molar-refractivity contribution in [1.82, 2.24) is 4.90 Å². The van der Waals surface area contributed by atoms with Crippen molar-refractivity contribution in [2.45, 2.75) is 12.7 Å². The maximum atomic E-state index is 12.3. The van der Waals surface area contributed by atoms with Crippen LogP contribution in [0.4, 0.5) is 13.2 Å². The average Bonchev–Trinajstić information content (AvgIpc) is 2.74. The Bertz CT molecular complexity index is 426. The molecule has 0 fully saturated rings. The van der Waals surface area contributed by atoms with Crippen molar-refractivity contribution in [3.8, 4) is 0 Å². The van der Waals surface area contributed by atoms with Crippen LogP contribution in [0.5, 0.6) is 0 Å². The predicted octanol–water partition coefficient (Wildman–Crippen LogP) is 1.93. The lowest BCUT2D eigenvalue weighted by Gasteiger charge is -2.21. The van der Waals surface area contributed by atoms with Crippen LogP contribution in [0, 0.1) is 0 Å². The van der Waals surface area contributed by atoms with Crippen LogP contribution in [0.3, 0.4) is 0 Å². The monoisotopic (exact) mass is 262 g/mol. The normalized spacial score (nSPS) is 11.3. The van der Waals surface area contributed by atoms with Crippen LogP contribution in [-0.4, -0.2) is 30.1 Å². The Labute approximate surface area is 102 Å². The zero-order valence-corrected chi connectivity index (χ0v) is 9.54. The molecule has 2 N–H and O–H groups in total. The Morgan fingerprint density at radius 2 is 2.22 bits per heavy atom. The highest BCUT2D eigenvalue weighted by Crippen LogP contribution is 2.19. The van der Waals surface area contributed by atoms with Crippen molar-refractivity contribution in [3.05, 3.63) is 36.3 Å². The summed E-state index contributed by atoms with van der Waals surface area (Å²) in [7, 11) is 0. The van der Waals surface area contributed by atoms with Gasteiger partial charge in [-0.05, 0) is 6.07 Å². The van der Waals surface area contributed by atoms with Gasteiger partial charge < -0.3 is 15.1 Å². The molecule has 4 nitrogen and oxygen atoms in total. The fraction of sp³-hybridized carbons (Fsp3) is 0.364. The van der Waals surface area contributed by atoms with Crippen LogP contribution in [0.1, 0.15) is 16.1 Å². The van der Waals surface area contributed by atoms with Gasteiger partial charge in [-0.15, -0.1) is 6.58 Å². The van der Waals surface area contributed by atoms with E-state index in [-0.39, 0.29) is 18.7 Å². The largest absolute Gasteiger partial charge is 0.467 e. The summed E-state index contributed by atoms with van der Waals surface area (Å²) in [4.78, 5) is 12.5. The van der Waals surface area contributed by atoms with Crippen LogP contribution in [0.25, 0.3) is 0 Å². The second kappa shape index (κ2) is 5.72. The first kappa shape index (κ1) is 14.3. The SMILES string of the molecule is C=CCN(CC(F)(F)F)C(=O)c1coc(CN)c1. The maximum absolute atomic E-state index is 12.3. The zero-order valence-electron chi connectivity index (χ0n) is 9.54. The van der Waals surface area contributed by atoms with Gasteiger partial charge in [-0.3, -0.25) is 4.79 Å². The number of rotatable bonds is 5. The van der Waals surface area contributed by atoms with E-state index < -0.39 is 18.6 Å². The molecule has 0 saturated heterocycles. The first-order valence-corrected chi connectivity index (χ1v) is 5.11. The molecule has 1 rings (SSSR count). The van der Waals surface area contributed by atoms with Crippen LogP contribution in [0.2, 0.25) is 0 Å². The lowest BCUT2D eigenvalue weighted by molar-refractivity contribution is -0.139. The number of hydrogen-bond acceptors (Lipinski definition) is 3. The maximum Gasteiger partial charge on any atom is 0.406 e. The molecule has 100 valence electrons. The van der Waals surface area contributed by atoms with Crippen LogP contribution in [-0.2, 0) is 6.54 Å². The van der Waals surface area contributed by atoms with Crippen molar-refractivity contribution in [1.29, 1.82) is 0 Å². The second-order valence-corrected chi connectivity index (χ2v) is 3.60. The van der Waals surface area contributed by atoms with Gasteiger partial charge in [-0.25, -0.2) is 0 Å². The number of halogens is 3. The Morgan fingerprint density at radius 3 is 2.67 bits per heavy atom. The highest BCUT2D eigenvalue weighted by atomic mass is 19.4. The van der Waals surface area contributed by atoms with Crippen molar-refractivity contribution < 1.29 is 22.4 Å². The molecule has 1 aromatic rings. The molecular weight excluding hydrogens is 249 g/mol. The summed E-state index contributed by atoms with van der Waals surface area (Å²) in [5.74, 6) is -0.431. The van der Waals surface area contributed by atoms with E-state index in [2.05, 4.69) is 6.58 Å². The van der Waals surface area contributed by atoms with E-state index in [9.17, 15) is 18.0 Å². The highest BCUT2D eigenvalue weighted by Gasteiger charge is 2.33. The molecular formula is C11H13F3N2O2. The van der Waals surface area contributed by atoms with Gasteiger partial charge in [0.05, 0.1) is 12.1 Å². The van der Waals surface area contributed by atoms with Gasteiger partial charge in [0.2, 0.25) is 0 Å². The molecule has 0 unspecified atom stereocenters. The Kier molecular flexibility index (Phi) is 4.55.